The molecule has 1 aliphatic heterocycles. The van der Waals surface area contributed by atoms with Crippen LogP contribution in [0, 0.1) is 0 Å². The lowest BCUT2D eigenvalue weighted by Crippen LogP contribution is -2.40. The van der Waals surface area contributed by atoms with Gasteiger partial charge in [0, 0.05) is 19.1 Å². The van der Waals surface area contributed by atoms with Gasteiger partial charge in [0.2, 0.25) is 0 Å². The van der Waals surface area contributed by atoms with Crippen molar-refractivity contribution in [1.29, 1.82) is 0 Å². The number of ether oxygens (including phenoxy) is 1. The van der Waals surface area contributed by atoms with Gasteiger partial charge in [-0.25, -0.2) is 0 Å². The number of hydrogen-bond acceptors (Lipinski definition) is 3. The first-order valence-electron chi connectivity index (χ1n) is 7.97. The van der Waals surface area contributed by atoms with Crippen molar-refractivity contribution in [3.05, 3.63) is 49.1 Å². The van der Waals surface area contributed by atoms with Gasteiger partial charge in [-0.15, -0.1) is 13.2 Å². The summed E-state index contributed by atoms with van der Waals surface area (Å²) in [4.78, 5) is 2.37. The summed E-state index contributed by atoms with van der Waals surface area (Å²) in [5.74, 6) is 0.946. The fourth-order valence-corrected chi connectivity index (χ4v) is 2.81. The monoisotopic (exact) mass is 300 g/mol. The highest BCUT2D eigenvalue weighted by atomic mass is 16.5. The quantitative estimate of drug-likeness (QED) is 0.774. The van der Waals surface area contributed by atoms with E-state index in [9.17, 15) is 0 Å². The average Bonchev–Trinajstić information content (AvgIpc) is 2.46. The maximum Gasteiger partial charge on any atom is 0.143 e. The molecule has 1 unspecified atom stereocenters. The fraction of sp³-hybridized carbons (Fsp3) is 0.474. The molecule has 22 heavy (non-hydrogen) atoms. The van der Waals surface area contributed by atoms with Crippen LogP contribution < -0.4 is 10.1 Å². The van der Waals surface area contributed by atoms with Crippen molar-refractivity contribution < 1.29 is 4.74 Å². The van der Waals surface area contributed by atoms with Gasteiger partial charge in [0.05, 0.1) is 12.2 Å². The molecule has 1 aromatic carbocycles. The molecule has 0 amide bonds. The van der Waals surface area contributed by atoms with Crippen LogP contribution in [0.5, 0.6) is 5.75 Å². The van der Waals surface area contributed by atoms with Crippen LogP contribution >= 0.6 is 0 Å². The van der Waals surface area contributed by atoms with Gasteiger partial charge in [-0.3, -0.25) is 4.90 Å². The third-order valence-electron chi connectivity index (χ3n) is 4.02. The van der Waals surface area contributed by atoms with E-state index in [0.29, 0.717) is 6.04 Å². The molecular formula is C19H28N2O. The van der Waals surface area contributed by atoms with Gasteiger partial charge in [-0.1, -0.05) is 18.2 Å². The first-order chi connectivity index (χ1) is 10.4. The zero-order valence-corrected chi connectivity index (χ0v) is 14.1. The molecule has 1 heterocycles. The first-order valence-corrected chi connectivity index (χ1v) is 7.97. The van der Waals surface area contributed by atoms with Gasteiger partial charge in [-0.05, 0) is 44.9 Å². The topological polar surface area (TPSA) is 24.5 Å². The maximum atomic E-state index is 6.00. The van der Waals surface area contributed by atoms with Crippen molar-refractivity contribution in [3.8, 4) is 5.75 Å². The number of rotatable bonds is 7. The Bertz CT molecular complexity index is 526. The number of anilines is 1. The second-order valence-electron chi connectivity index (χ2n) is 6.63. The summed E-state index contributed by atoms with van der Waals surface area (Å²) in [5.41, 5.74) is 2.27. The predicted octanol–water partition coefficient (Wildman–Crippen LogP) is 3.87. The van der Waals surface area contributed by atoms with Crippen LogP contribution in [0.15, 0.2) is 43.5 Å². The molecule has 0 saturated heterocycles. The third-order valence-corrected chi connectivity index (χ3v) is 4.02. The van der Waals surface area contributed by atoms with E-state index in [1.807, 2.05) is 12.2 Å². The lowest BCUT2D eigenvalue weighted by molar-refractivity contribution is 0.116. The molecule has 3 heteroatoms. The van der Waals surface area contributed by atoms with Gasteiger partial charge in [0.25, 0.3) is 0 Å². The van der Waals surface area contributed by atoms with Crippen LogP contribution in [0.4, 0.5) is 5.69 Å². The molecule has 1 atom stereocenters. The minimum Gasteiger partial charge on any atom is -0.484 e. The highest BCUT2D eigenvalue weighted by Gasteiger charge is 2.26. The summed E-state index contributed by atoms with van der Waals surface area (Å²) in [7, 11) is 0. The molecule has 0 spiro atoms. The van der Waals surface area contributed by atoms with Crippen molar-refractivity contribution in [1.82, 2.24) is 4.90 Å². The first kappa shape index (κ1) is 16.6. The molecule has 1 N–H and O–H groups in total. The average molecular weight is 300 g/mol. The van der Waals surface area contributed by atoms with E-state index in [2.05, 4.69) is 62.3 Å². The summed E-state index contributed by atoms with van der Waals surface area (Å²) >= 11 is 0. The Morgan fingerprint density at radius 3 is 2.64 bits per heavy atom. The second-order valence-corrected chi connectivity index (χ2v) is 6.63. The van der Waals surface area contributed by atoms with Crippen LogP contribution in [0.25, 0.3) is 0 Å². The van der Waals surface area contributed by atoms with E-state index in [1.54, 1.807) is 0 Å². The standard InChI is InChI=1S/C19H28N2O/c1-6-10-21(11-7-2)15(3)12-16-8-9-18-17(13-16)20-14-19(4,5)22-18/h6-9,13,15,20H,1-2,10-12,14H2,3-5H3. The smallest absolute Gasteiger partial charge is 0.143 e. The summed E-state index contributed by atoms with van der Waals surface area (Å²) in [6.07, 6.45) is 4.90. The molecule has 1 aliphatic rings. The summed E-state index contributed by atoms with van der Waals surface area (Å²) in [6.45, 7) is 16.7. The molecule has 0 aliphatic carbocycles. The predicted molar refractivity (Wildman–Crippen MR) is 94.8 cm³/mol. The Morgan fingerprint density at radius 2 is 2.00 bits per heavy atom. The number of benzene rings is 1. The SMILES string of the molecule is C=CCN(CC=C)C(C)Cc1ccc2c(c1)NCC(C)(C)O2. The van der Waals surface area contributed by atoms with Crippen LogP contribution in [0.1, 0.15) is 26.3 Å². The van der Waals surface area contributed by atoms with Crippen molar-refractivity contribution in [3.63, 3.8) is 0 Å². The van der Waals surface area contributed by atoms with Gasteiger partial charge in [-0.2, -0.15) is 0 Å². The van der Waals surface area contributed by atoms with Gasteiger partial charge in [0.1, 0.15) is 11.4 Å². The van der Waals surface area contributed by atoms with Gasteiger partial charge in [0.15, 0.2) is 0 Å². The fourth-order valence-electron chi connectivity index (χ4n) is 2.81. The maximum absolute atomic E-state index is 6.00. The molecule has 120 valence electrons. The van der Waals surface area contributed by atoms with Crippen molar-refractivity contribution in [2.45, 2.75) is 38.8 Å². The Labute approximate surface area is 134 Å². The normalized spacial score (nSPS) is 17.1. The Morgan fingerprint density at radius 1 is 1.32 bits per heavy atom. The van der Waals surface area contributed by atoms with Gasteiger partial charge < -0.3 is 10.1 Å². The Kier molecular flexibility index (Phi) is 5.30. The van der Waals surface area contributed by atoms with E-state index in [0.717, 1.165) is 37.5 Å². The molecule has 2 rings (SSSR count). The Hall–Kier alpha value is -1.74. The number of fused-ring (bicyclic) bond motifs is 1. The van der Waals surface area contributed by atoms with Crippen LogP contribution in [-0.4, -0.2) is 36.2 Å². The Balaban J connectivity index is 2.07. The number of hydrogen-bond donors (Lipinski definition) is 1. The van der Waals surface area contributed by atoms with E-state index in [4.69, 9.17) is 4.74 Å². The molecular weight excluding hydrogens is 272 g/mol. The number of nitrogens with zero attached hydrogens (tertiary/aromatic N) is 1. The molecule has 0 bridgehead atoms. The van der Waals surface area contributed by atoms with Crippen molar-refractivity contribution >= 4 is 5.69 Å². The third kappa shape index (κ3) is 4.14. The van der Waals surface area contributed by atoms with Crippen molar-refractivity contribution in [2.24, 2.45) is 0 Å². The minimum atomic E-state index is -0.146. The van der Waals surface area contributed by atoms with Crippen LogP contribution in [0.3, 0.4) is 0 Å². The zero-order valence-electron chi connectivity index (χ0n) is 14.1. The lowest BCUT2D eigenvalue weighted by atomic mass is 10.0. The largest absolute Gasteiger partial charge is 0.484 e. The molecule has 3 nitrogen and oxygen atoms in total. The minimum absolute atomic E-state index is 0.146. The highest BCUT2D eigenvalue weighted by molar-refractivity contribution is 5.60. The molecule has 0 radical (unpaired) electrons. The van der Waals surface area contributed by atoms with Crippen LogP contribution in [0.2, 0.25) is 0 Å². The van der Waals surface area contributed by atoms with E-state index < -0.39 is 0 Å². The second kappa shape index (κ2) is 7.01. The summed E-state index contributed by atoms with van der Waals surface area (Å²) in [6, 6.07) is 6.89. The van der Waals surface area contributed by atoms with E-state index >= 15 is 0 Å². The molecule has 1 aromatic rings. The lowest BCUT2D eigenvalue weighted by Gasteiger charge is -2.34. The van der Waals surface area contributed by atoms with Gasteiger partial charge >= 0.3 is 0 Å². The van der Waals surface area contributed by atoms with Crippen molar-refractivity contribution in [2.75, 3.05) is 25.0 Å². The number of nitrogens with one attached hydrogen (secondary N) is 1. The van der Waals surface area contributed by atoms with Crippen LogP contribution in [-0.2, 0) is 6.42 Å². The molecule has 0 aromatic heterocycles. The van der Waals surface area contributed by atoms with E-state index in [-0.39, 0.29) is 5.60 Å². The van der Waals surface area contributed by atoms with E-state index in [1.165, 1.54) is 5.56 Å². The highest BCUT2D eigenvalue weighted by Crippen LogP contribution is 2.33. The summed E-state index contributed by atoms with van der Waals surface area (Å²) < 4.78 is 6.00. The molecule has 0 fully saturated rings. The zero-order chi connectivity index (χ0) is 16.2. The summed E-state index contributed by atoms with van der Waals surface area (Å²) in [5, 5.41) is 3.48. The molecule has 0 saturated carbocycles.